The van der Waals surface area contributed by atoms with E-state index in [2.05, 4.69) is 16.4 Å². The molecule has 1 unspecified atom stereocenters. The lowest BCUT2D eigenvalue weighted by Crippen LogP contribution is -2.43. The highest BCUT2D eigenvalue weighted by molar-refractivity contribution is 5.41. The zero-order valence-corrected chi connectivity index (χ0v) is 9.45. The molecule has 1 aromatic rings. The van der Waals surface area contributed by atoms with E-state index in [1.54, 1.807) is 7.11 Å². The number of hydrogen-bond acceptors (Lipinski definition) is 4. The first-order valence-corrected chi connectivity index (χ1v) is 5.73. The Labute approximate surface area is 95.0 Å². The number of aromatic nitrogens is 1. The van der Waals surface area contributed by atoms with Crippen LogP contribution >= 0.6 is 0 Å². The number of rotatable bonds is 1. The molecule has 0 aromatic carbocycles. The largest absolute Gasteiger partial charge is 0.481 e. The first kappa shape index (κ1) is 10.1. The van der Waals surface area contributed by atoms with Crippen LogP contribution in [0.15, 0.2) is 12.3 Å². The molecule has 0 saturated carbocycles. The van der Waals surface area contributed by atoms with Crippen LogP contribution in [0, 0.1) is 0 Å². The summed E-state index contributed by atoms with van der Waals surface area (Å²) in [5.74, 6) is 0.708. The molecule has 1 fully saturated rings. The number of nitrogens with zero attached hydrogens (tertiary/aromatic N) is 1. The Balaban J connectivity index is 2.04. The quantitative estimate of drug-likeness (QED) is 0.772. The Bertz CT molecular complexity index is 400. The smallest absolute Gasteiger partial charge is 0.218 e. The van der Waals surface area contributed by atoms with Crippen LogP contribution in [0.2, 0.25) is 0 Å². The average Bonchev–Trinajstić information content (AvgIpc) is 2.70. The van der Waals surface area contributed by atoms with Crippen LogP contribution in [0.4, 0.5) is 0 Å². The third-order valence-electron chi connectivity index (χ3n) is 3.54. The number of fused-ring (bicyclic) bond motifs is 2. The Kier molecular flexibility index (Phi) is 2.33. The second-order valence-corrected chi connectivity index (χ2v) is 4.41. The summed E-state index contributed by atoms with van der Waals surface area (Å²) in [6, 6.07) is 2.07. The fourth-order valence-electron chi connectivity index (χ4n) is 2.73. The molecule has 1 aromatic heterocycles. The predicted molar refractivity (Wildman–Crippen MR) is 59.4 cm³/mol. The molecule has 3 rings (SSSR count). The van der Waals surface area contributed by atoms with Crippen molar-refractivity contribution in [3.05, 3.63) is 23.4 Å². The number of pyridine rings is 1. The summed E-state index contributed by atoms with van der Waals surface area (Å²) >= 11 is 0. The van der Waals surface area contributed by atoms with E-state index in [1.807, 2.05) is 6.20 Å². The minimum atomic E-state index is -0.135. The number of piperidine rings is 1. The molecule has 4 nitrogen and oxygen atoms in total. The maximum absolute atomic E-state index is 6.01. The second kappa shape index (κ2) is 3.71. The first-order chi connectivity index (χ1) is 7.86. The highest BCUT2D eigenvalue weighted by atomic mass is 16.5. The summed E-state index contributed by atoms with van der Waals surface area (Å²) < 4.78 is 11.3. The molecule has 1 atom stereocenters. The topological polar surface area (TPSA) is 43.4 Å². The lowest BCUT2D eigenvalue weighted by Gasteiger charge is -2.33. The van der Waals surface area contributed by atoms with E-state index in [0.717, 1.165) is 31.5 Å². The van der Waals surface area contributed by atoms with Crippen LogP contribution < -0.4 is 10.1 Å². The van der Waals surface area contributed by atoms with Crippen molar-refractivity contribution in [2.75, 3.05) is 20.2 Å². The van der Waals surface area contributed by atoms with Gasteiger partial charge in [0.05, 0.1) is 13.7 Å². The van der Waals surface area contributed by atoms with Gasteiger partial charge >= 0.3 is 0 Å². The molecule has 4 heteroatoms. The fraction of sp³-hybridized carbons (Fsp3) is 0.583. The van der Waals surface area contributed by atoms with E-state index < -0.39 is 0 Å². The van der Waals surface area contributed by atoms with Gasteiger partial charge in [-0.15, -0.1) is 0 Å². The lowest BCUT2D eigenvalue weighted by molar-refractivity contribution is -0.0537. The fourth-order valence-corrected chi connectivity index (χ4v) is 2.73. The molecule has 2 aliphatic heterocycles. The zero-order chi connectivity index (χ0) is 11.0. The van der Waals surface area contributed by atoms with Gasteiger partial charge in [0, 0.05) is 18.3 Å². The minimum Gasteiger partial charge on any atom is -0.481 e. The standard InChI is InChI=1S/C12H16N2O2/c1-15-11-9-7-16-12(4-2-5-13-8-12)10(9)3-6-14-11/h3,6,13H,2,4-5,7-8H2,1H3. The molecule has 1 N–H and O–H groups in total. The van der Waals surface area contributed by atoms with E-state index in [1.165, 1.54) is 5.56 Å². The van der Waals surface area contributed by atoms with Gasteiger partial charge in [-0.1, -0.05) is 0 Å². The first-order valence-electron chi connectivity index (χ1n) is 5.73. The number of ether oxygens (including phenoxy) is 2. The maximum Gasteiger partial charge on any atom is 0.218 e. The SMILES string of the molecule is COc1nccc2c1COC21CCCNC1. The normalized spacial score (nSPS) is 28.1. The van der Waals surface area contributed by atoms with E-state index >= 15 is 0 Å². The van der Waals surface area contributed by atoms with Gasteiger partial charge < -0.3 is 14.8 Å². The van der Waals surface area contributed by atoms with Crippen molar-refractivity contribution < 1.29 is 9.47 Å². The summed E-state index contributed by atoms with van der Waals surface area (Å²) in [5.41, 5.74) is 2.24. The highest BCUT2D eigenvalue weighted by Crippen LogP contribution is 2.43. The van der Waals surface area contributed by atoms with Crippen molar-refractivity contribution in [1.82, 2.24) is 10.3 Å². The number of hydrogen-bond donors (Lipinski definition) is 1. The Hall–Kier alpha value is -1.13. The van der Waals surface area contributed by atoms with Crippen LogP contribution in [-0.4, -0.2) is 25.2 Å². The van der Waals surface area contributed by atoms with Gasteiger partial charge in [0.25, 0.3) is 0 Å². The van der Waals surface area contributed by atoms with Crippen LogP contribution in [0.3, 0.4) is 0 Å². The van der Waals surface area contributed by atoms with Crippen molar-refractivity contribution in [1.29, 1.82) is 0 Å². The number of methoxy groups -OCH3 is 1. The van der Waals surface area contributed by atoms with Crippen molar-refractivity contribution in [2.24, 2.45) is 0 Å². The van der Waals surface area contributed by atoms with Crippen molar-refractivity contribution in [3.63, 3.8) is 0 Å². The van der Waals surface area contributed by atoms with Crippen LogP contribution in [0.1, 0.15) is 24.0 Å². The minimum absolute atomic E-state index is 0.135. The van der Waals surface area contributed by atoms with Gasteiger partial charge in [-0.05, 0) is 31.0 Å². The molecule has 0 aliphatic carbocycles. The third-order valence-corrected chi connectivity index (χ3v) is 3.54. The Morgan fingerprint density at radius 1 is 1.56 bits per heavy atom. The van der Waals surface area contributed by atoms with Gasteiger partial charge in [0.2, 0.25) is 5.88 Å². The summed E-state index contributed by atoms with van der Waals surface area (Å²) in [6.45, 7) is 2.60. The molecule has 2 aliphatic rings. The van der Waals surface area contributed by atoms with E-state index in [4.69, 9.17) is 9.47 Å². The summed E-state index contributed by atoms with van der Waals surface area (Å²) in [4.78, 5) is 4.22. The Morgan fingerprint density at radius 3 is 3.25 bits per heavy atom. The number of nitrogens with one attached hydrogen (secondary N) is 1. The van der Waals surface area contributed by atoms with Gasteiger partial charge in [-0.25, -0.2) is 4.98 Å². The maximum atomic E-state index is 6.01. The molecule has 0 bridgehead atoms. The van der Waals surface area contributed by atoms with Gasteiger partial charge in [-0.2, -0.15) is 0 Å². The molecule has 1 spiro atoms. The average molecular weight is 220 g/mol. The van der Waals surface area contributed by atoms with E-state index in [9.17, 15) is 0 Å². The molecule has 16 heavy (non-hydrogen) atoms. The summed E-state index contributed by atoms with van der Waals surface area (Å²) in [7, 11) is 1.66. The van der Waals surface area contributed by atoms with E-state index in [-0.39, 0.29) is 5.60 Å². The lowest BCUT2D eigenvalue weighted by atomic mass is 9.86. The van der Waals surface area contributed by atoms with Gasteiger partial charge in [-0.3, -0.25) is 0 Å². The van der Waals surface area contributed by atoms with E-state index in [0.29, 0.717) is 12.5 Å². The van der Waals surface area contributed by atoms with Crippen molar-refractivity contribution in [2.45, 2.75) is 25.0 Å². The monoisotopic (exact) mass is 220 g/mol. The molecule has 3 heterocycles. The summed E-state index contributed by atoms with van der Waals surface area (Å²) in [6.07, 6.45) is 4.05. The second-order valence-electron chi connectivity index (χ2n) is 4.41. The van der Waals surface area contributed by atoms with Crippen LogP contribution in [-0.2, 0) is 16.9 Å². The van der Waals surface area contributed by atoms with Gasteiger partial charge in [0.1, 0.15) is 5.60 Å². The molecule has 0 radical (unpaired) electrons. The molecule has 1 saturated heterocycles. The molecule has 86 valence electrons. The van der Waals surface area contributed by atoms with Crippen molar-refractivity contribution >= 4 is 0 Å². The summed E-state index contributed by atoms with van der Waals surface area (Å²) in [5, 5.41) is 3.41. The zero-order valence-electron chi connectivity index (χ0n) is 9.45. The highest BCUT2D eigenvalue weighted by Gasteiger charge is 2.42. The Morgan fingerprint density at radius 2 is 2.50 bits per heavy atom. The van der Waals surface area contributed by atoms with Crippen LogP contribution in [0.25, 0.3) is 0 Å². The van der Waals surface area contributed by atoms with Crippen LogP contribution in [0.5, 0.6) is 5.88 Å². The molecular weight excluding hydrogens is 204 g/mol. The molecule has 0 amide bonds. The van der Waals surface area contributed by atoms with Crippen molar-refractivity contribution in [3.8, 4) is 5.88 Å². The predicted octanol–water partition coefficient (Wildman–Crippen LogP) is 1.20. The molecular formula is C12H16N2O2. The third kappa shape index (κ3) is 1.33. The van der Waals surface area contributed by atoms with Gasteiger partial charge in [0.15, 0.2) is 0 Å².